The van der Waals surface area contributed by atoms with Gasteiger partial charge in [-0.2, -0.15) is 5.26 Å². The van der Waals surface area contributed by atoms with E-state index in [9.17, 15) is 5.26 Å². The minimum Gasteiger partial charge on any atom is -0.495 e. The first kappa shape index (κ1) is 20.7. The third kappa shape index (κ3) is 4.46. The molecule has 4 rings (SSSR count). The highest BCUT2D eigenvalue weighted by Gasteiger charge is 2.13. The molecule has 0 aliphatic carbocycles. The Morgan fingerprint density at radius 1 is 1.03 bits per heavy atom. The third-order valence-electron chi connectivity index (χ3n) is 4.65. The second-order valence-corrected chi connectivity index (χ2v) is 7.43. The van der Waals surface area contributed by atoms with Gasteiger partial charge in [-0.05, 0) is 35.9 Å². The maximum absolute atomic E-state index is 9.61. The normalized spacial score (nSPS) is 10.9. The van der Waals surface area contributed by atoms with Crippen molar-refractivity contribution in [1.82, 2.24) is 9.97 Å². The molecule has 2 aromatic heterocycles. The summed E-state index contributed by atoms with van der Waals surface area (Å²) >= 11 is 12.5. The molecule has 4 aromatic rings. The molecular formula is C24H16Cl2N4O. The number of pyridine rings is 2. The van der Waals surface area contributed by atoms with Crippen molar-refractivity contribution in [2.75, 3.05) is 12.4 Å². The second-order valence-electron chi connectivity index (χ2n) is 6.61. The number of nitriles is 1. The lowest BCUT2D eigenvalue weighted by Crippen LogP contribution is -1.98. The van der Waals surface area contributed by atoms with Crippen molar-refractivity contribution in [2.24, 2.45) is 0 Å². The molecule has 2 aromatic carbocycles. The molecule has 152 valence electrons. The fraction of sp³-hybridized carbons (Fsp3) is 0.0417. The molecule has 0 atom stereocenters. The Balaban J connectivity index is 1.75. The molecule has 0 bridgehead atoms. The van der Waals surface area contributed by atoms with Crippen LogP contribution in [0.4, 0.5) is 11.4 Å². The van der Waals surface area contributed by atoms with Crippen LogP contribution >= 0.6 is 23.2 Å². The summed E-state index contributed by atoms with van der Waals surface area (Å²) in [6.07, 6.45) is 7.19. The van der Waals surface area contributed by atoms with Crippen molar-refractivity contribution in [2.45, 2.75) is 0 Å². The third-order valence-corrected chi connectivity index (χ3v) is 5.26. The second kappa shape index (κ2) is 9.05. The zero-order valence-corrected chi connectivity index (χ0v) is 17.9. The van der Waals surface area contributed by atoms with Gasteiger partial charge in [0.15, 0.2) is 0 Å². The van der Waals surface area contributed by atoms with Gasteiger partial charge in [0.25, 0.3) is 0 Å². The van der Waals surface area contributed by atoms with Crippen LogP contribution in [-0.2, 0) is 0 Å². The molecule has 0 unspecified atom stereocenters. The molecule has 0 saturated heterocycles. The van der Waals surface area contributed by atoms with Gasteiger partial charge in [0, 0.05) is 23.8 Å². The summed E-state index contributed by atoms with van der Waals surface area (Å²) in [5.41, 5.74) is 4.15. The molecule has 2 heterocycles. The Kier molecular flexibility index (Phi) is 6.03. The Morgan fingerprint density at radius 2 is 1.90 bits per heavy atom. The number of halogens is 2. The lowest BCUT2D eigenvalue weighted by Gasteiger charge is -2.14. The van der Waals surface area contributed by atoms with Crippen molar-refractivity contribution >= 4 is 57.6 Å². The van der Waals surface area contributed by atoms with Gasteiger partial charge in [-0.3, -0.25) is 9.97 Å². The Labute approximate surface area is 189 Å². The molecule has 0 spiro atoms. The van der Waals surface area contributed by atoms with Crippen molar-refractivity contribution in [3.05, 3.63) is 87.8 Å². The summed E-state index contributed by atoms with van der Waals surface area (Å²) in [6.45, 7) is 0. The van der Waals surface area contributed by atoms with Crippen LogP contribution in [0.25, 0.3) is 23.1 Å². The fourth-order valence-electron chi connectivity index (χ4n) is 3.11. The molecule has 5 nitrogen and oxygen atoms in total. The van der Waals surface area contributed by atoms with Crippen molar-refractivity contribution in [3.8, 4) is 11.8 Å². The Hall–Kier alpha value is -3.59. The number of hydrogen-bond acceptors (Lipinski definition) is 5. The van der Waals surface area contributed by atoms with Gasteiger partial charge >= 0.3 is 0 Å². The molecule has 0 aliphatic rings. The number of nitrogens with one attached hydrogen (secondary N) is 1. The van der Waals surface area contributed by atoms with Crippen LogP contribution < -0.4 is 10.1 Å². The molecular weight excluding hydrogens is 431 g/mol. The van der Waals surface area contributed by atoms with E-state index in [1.54, 1.807) is 18.3 Å². The Morgan fingerprint density at radius 3 is 2.65 bits per heavy atom. The van der Waals surface area contributed by atoms with Crippen LogP contribution in [0.2, 0.25) is 10.0 Å². The van der Waals surface area contributed by atoms with E-state index in [4.69, 9.17) is 27.9 Å². The highest BCUT2D eigenvalue weighted by atomic mass is 35.5. The average Bonchev–Trinajstić information content (AvgIpc) is 2.80. The first-order chi connectivity index (χ1) is 15.1. The van der Waals surface area contributed by atoms with Crippen molar-refractivity contribution < 1.29 is 4.74 Å². The minimum atomic E-state index is 0.397. The zero-order chi connectivity index (χ0) is 21.8. The molecule has 0 radical (unpaired) electrons. The van der Waals surface area contributed by atoms with Gasteiger partial charge in [0.2, 0.25) is 0 Å². The summed E-state index contributed by atoms with van der Waals surface area (Å²) in [5.74, 6) is 0.479. The largest absolute Gasteiger partial charge is 0.495 e. The molecule has 0 aliphatic heterocycles. The molecule has 1 N–H and O–H groups in total. The smallest absolute Gasteiger partial charge is 0.139 e. The van der Waals surface area contributed by atoms with Crippen molar-refractivity contribution in [3.63, 3.8) is 0 Å². The van der Waals surface area contributed by atoms with Crippen molar-refractivity contribution in [1.29, 1.82) is 5.26 Å². The number of aromatic nitrogens is 2. The zero-order valence-electron chi connectivity index (χ0n) is 16.4. The SMILES string of the molecule is COc1cc(Nc2c(C#N)cnc3cc(C=Cc4ccccn4)ccc23)c(Cl)cc1Cl. The van der Waals surface area contributed by atoms with Gasteiger partial charge in [-0.25, -0.2) is 0 Å². The molecule has 7 heteroatoms. The number of fused-ring (bicyclic) bond motifs is 1. The number of ether oxygens (including phenoxy) is 1. The van der Waals surface area contributed by atoms with Gasteiger partial charge < -0.3 is 10.1 Å². The van der Waals surface area contributed by atoms with E-state index in [2.05, 4.69) is 21.4 Å². The quantitative estimate of drug-likeness (QED) is 0.367. The molecule has 0 fully saturated rings. The highest BCUT2D eigenvalue weighted by Crippen LogP contribution is 2.37. The fourth-order valence-corrected chi connectivity index (χ4v) is 3.61. The summed E-state index contributed by atoms with van der Waals surface area (Å²) in [7, 11) is 1.53. The van der Waals surface area contributed by atoms with Gasteiger partial charge in [0.1, 0.15) is 11.8 Å². The first-order valence-corrected chi connectivity index (χ1v) is 10.1. The summed E-state index contributed by atoms with van der Waals surface area (Å²) in [5, 5.41) is 14.5. The number of benzene rings is 2. The topological polar surface area (TPSA) is 70.8 Å². The molecule has 31 heavy (non-hydrogen) atoms. The lowest BCUT2D eigenvalue weighted by atomic mass is 10.1. The number of nitrogens with zero attached hydrogens (tertiary/aromatic N) is 3. The van der Waals surface area contributed by atoms with E-state index in [0.717, 1.165) is 22.2 Å². The van der Waals surface area contributed by atoms with Gasteiger partial charge in [-0.15, -0.1) is 0 Å². The van der Waals surface area contributed by atoms with Crippen LogP contribution in [0, 0.1) is 11.3 Å². The van der Waals surface area contributed by atoms with Crippen LogP contribution in [0.15, 0.2) is 60.9 Å². The van der Waals surface area contributed by atoms with Crippen LogP contribution in [0.3, 0.4) is 0 Å². The molecule has 0 amide bonds. The number of anilines is 2. The maximum atomic E-state index is 9.61. The number of hydrogen-bond donors (Lipinski definition) is 1. The molecule has 0 saturated carbocycles. The first-order valence-electron chi connectivity index (χ1n) is 9.31. The van der Waals surface area contributed by atoms with E-state index in [-0.39, 0.29) is 0 Å². The summed E-state index contributed by atoms with van der Waals surface area (Å²) in [4.78, 5) is 8.74. The predicted molar refractivity (Wildman–Crippen MR) is 126 cm³/mol. The number of methoxy groups -OCH3 is 1. The van der Waals surface area contributed by atoms with Crippen LogP contribution in [0.1, 0.15) is 16.8 Å². The highest BCUT2D eigenvalue weighted by molar-refractivity contribution is 6.37. The lowest BCUT2D eigenvalue weighted by molar-refractivity contribution is 0.415. The van der Waals surface area contributed by atoms with E-state index in [1.807, 2.05) is 48.6 Å². The number of rotatable bonds is 5. The Bertz CT molecular complexity index is 1330. The van der Waals surface area contributed by atoms with Crippen LogP contribution in [-0.4, -0.2) is 17.1 Å². The van der Waals surface area contributed by atoms with Gasteiger partial charge in [-0.1, -0.05) is 47.5 Å². The average molecular weight is 447 g/mol. The van der Waals surface area contributed by atoms with E-state index < -0.39 is 0 Å². The summed E-state index contributed by atoms with van der Waals surface area (Å²) < 4.78 is 5.28. The summed E-state index contributed by atoms with van der Waals surface area (Å²) in [6, 6.07) is 17.0. The van der Waals surface area contributed by atoms with Crippen LogP contribution in [0.5, 0.6) is 5.75 Å². The van der Waals surface area contributed by atoms with E-state index in [0.29, 0.717) is 32.7 Å². The maximum Gasteiger partial charge on any atom is 0.139 e. The standard InChI is InChI=1S/C24H16Cl2N4O/c1-31-23-12-22(19(25)11-20(23)26)30-24-16(13-27)14-29-21-10-15(6-8-18(21)24)5-7-17-4-2-3-9-28-17/h2-12,14H,1H3,(H,29,30). The van der Waals surface area contributed by atoms with Gasteiger partial charge in [0.05, 0.1) is 45.3 Å². The van der Waals surface area contributed by atoms with E-state index in [1.165, 1.54) is 13.3 Å². The van der Waals surface area contributed by atoms with E-state index >= 15 is 0 Å². The minimum absolute atomic E-state index is 0.397. The predicted octanol–water partition coefficient (Wildman–Crippen LogP) is 6.73. The monoisotopic (exact) mass is 446 g/mol.